The minimum atomic E-state index is -4.81. The van der Waals surface area contributed by atoms with Gasteiger partial charge in [0.1, 0.15) is 0 Å². The summed E-state index contributed by atoms with van der Waals surface area (Å²) in [6.45, 7) is 1.68. The molecular weight excluding hydrogens is 488 g/mol. The molecule has 0 aliphatic carbocycles. The van der Waals surface area contributed by atoms with Crippen molar-refractivity contribution in [1.29, 1.82) is 0 Å². The lowest BCUT2D eigenvalue weighted by atomic mass is 10.3. The molecule has 0 bridgehead atoms. The van der Waals surface area contributed by atoms with E-state index in [0.29, 0.717) is 26.2 Å². The van der Waals surface area contributed by atoms with Crippen molar-refractivity contribution in [2.75, 3.05) is 43.0 Å². The maximum atomic E-state index is 12.4. The molecule has 12 heteroatoms. The van der Waals surface area contributed by atoms with Gasteiger partial charge in [0.2, 0.25) is 0 Å². The Morgan fingerprint density at radius 3 is 2.50 bits per heavy atom. The third kappa shape index (κ3) is 7.95. The number of para-hydroxylation sites is 2. The molecule has 1 aromatic rings. The normalized spacial score (nSPS) is 18.0. The number of sulfone groups is 1. The number of nitrogens with one attached hydrogen (secondary N) is 1. The molecule has 2 rings (SSSR count). The molecule has 7 nitrogen and oxygen atoms in total. The van der Waals surface area contributed by atoms with Crippen LogP contribution >= 0.6 is 24.0 Å². The lowest BCUT2D eigenvalue weighted by Crippen LogP contribution is -2.41. The first kappa shape index (κ1) is 22.8. The summed E-state index contributed by atoms with van der Waals surface area (Å²) in [4.78, 5) is 5.99. The predicted molar refractivity (Wildman–Crippen MR) is 104 cm³/mol. The van der Waals surface area contributed by atoms with E-state index in [1.165, 1.54) is 18.2 Å². The maximum Gasteiger partial charge on any atom is 0.573 e. The Morgan fingerprint density at radius 2 is 1.88 bits per heavy atom. The second kappa shape index (κ2) is 9.60. The van der Waals surface area contributed by atoms with Crippen molar-refractivity contribution in [3.8, 4) is 5.75 Å². The van der Waals surface area contributed by atoms with Crippen LogP contribution in [0.15, 0.2) is 29.3 Å². The zero-order valence-corrected chi connectivity index (χ0v) is 16.8. The van der Waals surface area contributed by atoms with E-state index < -0.39 is 21.9 Å². The van der Waals surface area contributed by atoms with Crippen molar-refractivity contribution in [3.63, 3.8) is 0 Å². The number of halogens is 4. The van der Waals surface area contributed by atoms with Crippen LogP contribution in [0.25, 0.3) is 0 Å². The maximum absolute atomic E-state index is 12.4. The van der Waals surface area contributed by atoms with Crippen molar-refractivity contribution < 1.29 is 26.3 Å². The molecule has 1 aromatic carbocycles. The number of anilines is 1. The van der Waals surface area contributed by atoms with Gasteiger partial charge in [-0.3, -0.25) is 9.89 Å². The van der Waals surface area contributed by atoms with Crippen LogP contribution in [0.5, 0.6) is 5.75 Å². The highest BCUT2D eigenvalue weighted by Gasteiger charge is 2.32. The number of benzene rings is 1. The van der Waals surface area contributed by atoms with E-state index in [4.69, 9.17) is 5.73 Å². The van der Waals surface area contributed by atoms with Gasteiger partial charge in [0.15, 0.2) is 21.5 Å². The predicted octanol–water partition coefficient (Wildman–Crippen LogP) is 1.66. The number of nitrogens with two attached hydrogens (primary N) is 1. The van der Waals surface area contributed by atoms with Crippen LogP contribution in [0.2, 0.25) is 0 Å². The highest BCUT2D eigenvalue weighted by atomic mass is 127. The second-order valence-corrected chi connectivity index (χ2v) is 7.73. The summed E-state index contributed by atoms with van der Waals surface area (Å²) in [5.74, 6) is -0.226. The SMILES string of the molecule is I.NC(=NCCN1CCS(=O)(=O)CC1)Nc1ccccc1OC(F)(F)F. The van der Waals surface area contributed by atoms with E-state index in [2.05, 4.69) is 15.0 Å². The van der Waals surface area contributed by atoms with Crippen LogP contribution in [0.4, 0.5) is 18.9 Å². The first-order valence-corrected chi connectivity index (χ1v) is 9.31. The molecule has 0 unspecified atom stereocenters. The van der Waals surface area contributed by atoms with E-state index in [0.717, 1.165) is 6.07 Å². The topological polar surface area (TPSA) is 97.0 Å². The third-order valence-corrected chi connectivity index (χ3v) is 5.12. The number of hydrogen-bond acceptors (Lipinski definition) is 5. The van der Waals surface area contributed by atoms with Crippen molar-refractivity contribution in [1.82, 2.24) is 4.90 Å². The van der Waals surface area contributed by atoms with Crippen LogP contribution in [0.3, 0.4) is 0 Å². The van der Waals surface area contributed by atoms with Gasteiger partial charge in [-0.05, 0) is 12.1 Å². The number of guanidine groups is 1. The van der Waals surface area contributed by atoms with Gasteiger partial charge in [-0.25, -0.2) is 8.42 Å². The quantitative estimate of drug-likeness (QED) is 0.357. The Kier molecular flexibility index (Phi) is 8.40. The average molecular weight is 508 g/mol. The van der Waals surface area contributed by atoms with Gasteiger partial charge in [0.05, 0.1) is 23.7 Å². The molecule has 26 heavy (non-hydrogen) atoms. The van der Waals surface area contributed by atoms with Crippen LogP contribution in [-0.4, -0.2) is 63.3 Å². The Bertz CT molecular complexity index is 714. The summed E-state index contributed by atoms with van der Waals surface area (Å²) >= 11 is 0. The number of hydrogen-bond donors (Lipinski definition) is 2. The van der Waals surface area contributed by atoms with Crippen LogP contribution in [0, 0.1) is 0 Å². The molecule has 0 saturated carbocycles. The summed E-state index contributed by atoms with van der Waals surface area (Å²) < 4.78 is 63.7. The molecule has 1 heterocycles. The summed E-state index contributed by atoms with van der Waals surface area (Å²) in [6, 6.07) is 5.49. The molecule has 0 atom stereocenters. The van der Waals surface area contributed by atoms with Crippen molar-refractivity contribution in [2.24, 2.45) is 10.7 Å². The van der Waals surface area contributed by atoms with Crippen LogP contribution in [0.1, 0.15) is 0 Å². The number of alkyl halides is 3. The van der Waals surface area contributed by atoms with Gasteiger partial charge in [-0.15, -0.1) is 37.1 Å². The number of nitrogens with zero attached hydrogens (tertiary/aromatic N) is 2. The number of aliphatic imine (C=N–C) groups is 1. The van der Waals surface area contributed by atoms with Gasteiger partial charge in [-0.1, -0.05) is 12.1 Å². The van der Waals surface area contributed by atoms with Crippen molar-refractivity contribution in [3.05, 3.63) is 24.3 Å². The summed E-state index contributed by atoms with van der Waals surface area (Å²) in [5, 5.41) is 2.57. The largest absolute Gasteiger partial charge is 0.573 e. The average Bonchev–Trinajstić information content (AvgIpc) is 2.49. The molecular formula is C14H20F3IN4O3S. The zero-order chi connectivity index (χ0) is 18.5. The Hall–Kier alpha value is -1.28. The fraction of sp³-hybridized carbons (Fsp3) is 0.500. The Balaban J connectivity index is 0.00000338. The van der Waals surface area contributed by atoms with Crippen LogP contribution in [-0.2, 0) is 9.84 Å². The van der Waals surface area contributed by atoms with E-state index in [1.807, 2.05) is 4.90 Å². The third-order valence-electron chi connectivity index (χ3n) is 3.51. The first-order valence-electron chi connectivity index (χ1n) is 7.49. The summed E-state index contributed by atoms with van der Waals surface area (Å²) in [7, 11) is -2.94. The minimum absolute atomic E-state index is 0. The molecule has 0 radical (unpaired) electrons. The molecule has 0 aromatic heterocycles. The van der Waals surface area contributed by atoms with Crippen molar-refractivity contribution in [2.45, 2.75) is 6.36 Å². The first-order chi connectivity index (χ1) is 11.6. The van der Waals surface area contributed by atoms with Gasteiger partial charge < -0.3 is 15.8 Å². The van der Waals surface area contributed by atoms with E-state index in [1.54, 1.807) is 0 Å². The molecule has 0 spiro atoms. The van der Waals surface area contributed by atoms with Crippen LogP contribution < -0.4 is 15.8 Å². The highest BCUT2D eigenvalue weighted by molar-refractivity contribution is 14.0. The fourth-order valence-electron chi connectivity index (χ4n) is 2.25. The lowest BCUT2D eigenvalue weighted by molar-refractivity contribution is -0.274. The van der Waals surface area contributed by atoms with Gasteiger partial charge in [0.25, 0.3) is 0 Å². The second-order valence-electron chi connectivity index (χ2n) is 5.43. The molecule has 3 N–H and O–H groups in total. The molecule has 1 aliphatic heterocycles. The lowest BCUT2D eigenvalue weighted by Gasteiger charge is -2.25. The minimum Gasteiger partial charge on any atom is -0.404 e. The molecule has 0 amide bonds. The fourth-order valence-corrected chi connectivity index (χ4v) is 3.52. The molecule has 1 saturated heterocycles. The summed E-state index contributed by atoms with van der Waals surface area (Å²) in [5.41, 5.74) is 5.73. The zero-order valence-electron chi connectivity index (χ0n) is 13.7. The monoisotopic (exact) mass is 508 g/mol. The van der Waals surface area contributed by atoms with Gasteiger partial charge >= 0.3 is 6.36 Å². The summed E-state index contributed by atoms with van der Waals surface area (Å²) in [6.07, 6.45) is -4.81. The number of rotatable bonds is 5. The molecule has 1 fully saturated rings. The van der Waals surface area contributed by atoms with Gasteiger partial charge in [0, 0.05) is 19.6 Å². The Labute approximate surface area is 166 Å². The van der Waals surface area contributed by atoms with E-state index in [-0.39, 0.29) is 47.1 Å². The highest BCUT2D eigenvalue weighted by Crippen LogP contribution is 2.29. The number of ether oxygens (including phenoxy) is 1. The standard InChI is InChI=1S/C14H19F3N4O3S.HI/c15-14(16,17)24-12-4-2-1-3-11(12)20-13(18)19-5-6-21-7-9-25(22,23)10-8-21;/h1-4H,5-10H2,(H3,18,19,20);1H. The smallest absolute Gasteiger partial charge is 0.404 e. The molecule has 148 valence electrons. The van der Waals surface area contributed by atoms with Gasteiger partial charge in [-0.2, -0.15) is 0 Å². The molecule has 1 aliphatic rings. The van der Waals surface area contributed by atoms with E-state index in [9.17, 15) is 21.6 Å². The van der Waals surface area contributed by atoms with E-state index >= 15 is 0 Å². The Morgan fingerprint density at radius 1 is 1.27 bits per heavy atom. The van der Waals surface area contributed by atoms with Crippen molar-refractivity contribution >= 4 is 45.5 Å².